The van der Waals surface area contributed by atoms with Crippen molar-refractivity contribution in [3.8, 4) is 22.8 Å². The summed E-state index contributed by atoms with van der Waals surface area (Å²) in [6.45, 7) is 1.17. The number of benzene rings is 1. The average Bonchev–Trinajstić information content (AvgIpc) is 3.35. The van der Waals surface area contributed by atoms with Gasteiger partial charge in [-0.1, -0.05) is 0 Å². The number of methoxy groups -OCH3 is 2. The summed E-state index contributed by atoms with van der Waals surface area (Å²) in [6.07, 6.45) is 2.42. The van der Waals surface area contributed by atoms with Crippen molar-refractivity contribution in [2.24, 2.45) is 0 Å². The summed E-state index contributed by atoms with van der Waals surface area (Å²) >= 11 is 0. The molecule has 0 spiro atoms. The molecule has 0 aliphatic carbocycles. The molecule has 1 aromatic carbocycles. The van der Waals surface area contributed by atoms with E-state index in [-0.39, 0.29) is 5.91 Å². The Hall–Kier alpha value is -3.29. The Bertz CT molecular complexity index is 946. The molecule has 2 aromatic heterocycles. The van der Waals surface area contributed by atoms with Crippen LogP contribution >= 0.6 is 0 Å². The normalized spacial score (nSPS) is 13.4. The molecule has 0 unspecified atom stereocenters. The van der Waals surface area contributed by atoms with Gasteiger partial charge in [0.2, 0.25) is 0 Å². The molecule has 4 rings (SSSR count). The third kappa shape index (κ3) is 2.79. The molecule has 8 heteroatoms. The highest BCUT2D eigenvalue weighted by Gasteiger charge is 2.24. The number of carbonyl (C=O) groups excluding carboxylic acids is 1. The Morgan fingerprint density at radius 3 is 2.85 bits per heavy atom. The summed E-state index contributed by atoms with van der Waals surface area (Å²) in [5, 5.41) is 7.12. The molecule has 0 bridgehead atoms. The van der Waals surface area contributed by atoms with Gasteiger partial charge in [-0.15, -0.1) is 0 Å². The van der Waals surface area contributed by atoms with Crippen LogP contribution in [0, 0.1) is 0 Å². The summed E-state index contributed by atoms with van der Waals surface area (Å²) in [5.41, 5.74) is 3.99. The van der Waals surface area contributed by atoms with E-state index >= 15 is 0 Å². The standard InChI is InChI=1S/C18H19N5O3/c1-25-16-4-3-11(7-17(16)26-2)13-8-14(22-21-13)18(24)23-6-5-12-15(9-23)20-10-19-12/h3-4,7-8,10H,5-6,9H2,1-2H3,(H,19,20)(H,21,22). The van der Waals surface area contributed by atoms with Gasteiger partial charge in [0.1, 0.15) is 5.69 Å². The molecule has 1 aliphatic heterocycles. The number of fused-ring (bicyclic) bond motifs is 1. The van der Waals surface area contributed by atoms with Crippen molar-refractivity contribution in [1.29, 1.82) is 0 Å². The van der Waals surface area contributed by atoms with Crippen LogP contribution in [0.4, 0.5) is 0 Å². The molecule has 134 valence electrons. The van der Waals surface area contributed by atoms with Crippen molar-refractivity contribution < 1.29 is 14.3 Å². The van der Waals surface area contributed by atoms with Crippen molar-refractivity contribution in [3.05, 3.63) is 47.7 Å². The number of H-pyrrole nitrogens is 2. The summed E-state index contributed by atoms with van der Waals surface area (Å²) < 4.78 is 10.6. The molecule has 3 heterocycles. The topological polar surface area (TPSA) is 96.1 Å². The minimum atomic E-state index is -0.0792. The van der Waals surface area contributed by atoms with Crippen LogP contribution in [0.3, 0.4) is 0 Å². The predicted molar refractivity (Wildman–Crippen MR) is 94.2 cm³/mol. The van der Waals surface area contributed by atoms with Crippen molar-refractivity contribution in [3.63, 3.8) is 0 Å². The molecular weight excluding hydrogens is 334 g/mol. The Labute approximate surface area is 150 Å². The lowest BCUT2D eigenvalue weighted by molar-refractivity contribution is 0.0726. The maximum absolute atomic E-state index is 12.8. The van der Waals surface area contributed by atoms with Crippen LogP contribution in [0.5, 0.6) is 11.5 Å². The van der Waals surface area contributed by atoms with Crippen molar-refractivity contribution in [2.45, 2.75) is 13.0 Å². The second kappa shape index (κ2) is 6.55. The van der Waals surface area contributed by atoms with E-state index in [4.69, 9.17) is 9.47 Å². The molecule has 0 fully saturated rings. The first kappa shape index (κ1) is 16.2. The van der Waals surface area contributed by atoms with Gasteiger partial charge >= 0.3 is 0 Å². The molecule has 0 atom stereocenters. The molecule has 26 heavy (non-hydrogen) atoms. The van der Waals surface area contributed by atoms with Crippen LogP contribution in [0.2, 0.25) is 0 Å². The number of nitrogens with zero attached hydrogens (tertiary/aromatic N) is 3. The molecule has 3 aromatic rings. The largest absolute Gasteiger partial charge is 0.493 e. The van der Waals surface area contributed by atoms with E-state index in [9.17, 15) is 4.79 Å². The van der Waals surface area contributed by atoms with E-state index in [0.717, 1.165) is 23.4 Å². The highest BCUT2D eigenvalue weighted by molar-refractivity contribution is 5.93. The van der Waals surface area contributed by atoms with Gasteiger partial charge in [0.15, 0.2) is 11.5 Å². The van der Waals surface area contributed by atoms with Gasteiger partial charge in [-0.05, 0) is 24.3 Å². The van der Waals surface area contributed by atoms with Crippen LogP contribution < -0.4 is 9.47 Å². The fraction of sp³-hybridized carbons (Fsp3) is 0.278. The zero-order chi connectivity index (χ0) is 18.1. The summed E-state index contributed by atoms with van der Waals surface area (Å²) in [7, 11) is 3.17. The van der Waals surface area contributed by atoms with E-state index in [1.807, 2.05) is 18.2 Å². The van der Waals surface area contributed by atoms with Crippen LogP contribution in [-0.4, -0.2) is 51.7 Å². The third-order valence-corrected chi connectivity index (χ3v) is 4.55. The number of ether oxygens (including phenoxy) is 2. The first-order valence-electron chi connectivity index (χ1n) is 8.28. The first-order valence-corrected chi connectivity index (χ1v) is 8.28. The molecular formula is C18H19N5O3. The Kier molecular flexibility index (Phi) is 4.08. The monoisotopic (exact) mass is 353 g/mol. The zero-order valence-electron chi connectivity index (χ0n) is 14.6. The summed E-state index contributed by atoms with van der Waals surface area (Å²) in [6, 6.07) is 7.28. The Morgan fingerprint density at radius 2 is 2.04 bits per heavy atom. The van der Waals surface area contributed by atoms with Crippen LogP contribution in [-0.2, 0) is 13.0 Å². The van der Waals surface area contributed by atoms with Crippen molar-refractivity contribution >= 4 is 5.91 Å². The number of carbonyl (C=O) groups is 1. The number of aromatic nitrogens is 4. The van der Waals surface area contributed by atoms with Gasteiger partial charge < -0.3 is 19.4 Å². The number of rotatable bonds is 4. The van der Waals surface area contributed by atoms with E-state index < -0.39 is 0 Å². The number of imidazole rings is 1. The second-order valence-electron chi connectivity index (χ2n) is 6.04. The number of hydrogen-bond donors (Lipinski definition) is 2. The van der Waals surface area contributed by atoms with Gasteiger partial charge in [-0.3, -0.25) is 9.89 Å². The van der Waals surface area contributed by atoms with Crippen LogP contribution in [0.15, 0.2) is 30.6 Å². The molecule has 0 saturated carbocycles. The van der Waals surface area contributed by atoms with E-state index in [1.54, 1.807) is 31.5 Å². The quantitative estimate of drug-likeness (QED) is 0.748. The molecule has 0 radical (unpaired) electrons. The SMILES string of the molecule is COc1ccc(-c2cc(C(=O)N3CCc4nc[nH]c4C3)[nH]n2)cc1OC. The Balaban J connectivity index is 1.56. The highest BCUT2D eigenvalue weighted by Crippen LogP contribution is 2.31. The second-order valence-corrected chi connectivity index (χ2v) is 6.04. The van der Waals surface area contributed by atoms with Gasteiger partial charge in [0.05, 0.1) is 44.2 Å². The maximum Gasteiger partial charge on any atom is 0.272 e. The number of hydrogen-bond acceptors (Lipinski definition) is 5. The highest BCUT2D eigenvalue weighted by atomic mass is 16.5. The zero-order valence-corrected chi connectivity index (χ0v) is 14.6. The van der Waals surface area contributed by atoms with Crippen LogP contribution in [0.25, 0.3) is 11.3 Å². The predicted octanol–water partition coefficient (Wildman–Crippen LogP) is 2.02. The summed E-state index contributed by atoms with van der Waals surface area (Å²) in [4.78, 5) is 21.9. The maximum atomic E-state index is 12.8. The first-order chi connectivity index (χ1) is 12.7. The lowest BCUT2D eigenvalue weighted by Crippen LogP contribution is -2.36. The number of amides is 1. The van der Waals surface area contributed by atoms with E-state index in [1.165, 1.54) is 0 Å². The fourth-order valence-corrected chi connectivity index (χ4v) is 3.13. The molecule has 1 amide bonds. The average molecular weight is 353 g/mol. The smallest absolute Gasteiger partial charge is 0.272 e. The summed E-state index contributed by atoms with van der Waals surface area (Å²) in [5.74, 6) is 1.18. The lowest BCUT2D eigenvalue weighted by Gasteiger charge is -2.25. The van der Waals surface area contributed by atoms with Crippen molar-refractivity contribution in [1.82, 2.24) is 25.1 Å². The fourth-order valence-electron chi connectivity index (χ4n) is 3.13. The number of nitrogens with one attached hydrogen (secondary N) is 2. The van der Waals surface area contributed by atoms with Crippen LogP contribution in [0.1, 0.15) is 21.9 Å². The van der Waals surface area contributed by atoms with E-state index in [2.05, 4.69) is 20.2 Å². The molecule has 0 saturated heterocycles. The third-order valence-electron chi connectivity index (χ3n) is 4.55. The molecule has 2 N–H and O–H groups in total. The minimum Gasteiger partial charge on any atom is -0.493 e. The van der Waals surface area contributed by atoms with Crippen molar-refractivity contribution in [2.75, 3.05) is 20.8 Å². The van der Waals surface area contributed by atoms with Gasteiger partial charge in [0.25, 0.3) is 5.91 Å². The number of aromatic amines is 2. The van der Waals surface area contributed by atoms with Gasteiger partial charge in [-0.2, -0.15) is 5.10 Å². The van der Waals surface area contributed by atoms with Gasteiger partial charge in [0, 0.05) is 18.5 Å². The van der Waals surface area contributed by atoms with E-state index in [0.29, 0.717) is 36.0 Å². The van der Waals surface area contributed by atoms with Gasteiger partial charge in [-0.25, -0.2) is 4.98 Å². The minimum absolute atomic E-state index is 0.0792. The molecule has 8 nitrogen and oxygen atoms in total. The Morgan fingerprint density at radius 1 is 1.19 bits per heavy atom. The lowest BCUT2D eigenvalue weighted by atomic mass is 10.1. The molecule has 1 aliphatic rings.